The van der Waals surface area contributed by atoms with Crippen molar-refractivity contribution in [2.45, 2.75) is 58.4 Å². The molecule has 2 N–H and O–H groups in total. The number of Topliss-reactive ketones (excluding diaryl/α,β-unsaturated/α-hetero) is 1. The van der Waals surface area contributed by atoms with Crippen LogP contribution in [0.1, 0.15) is 69.6 Å². The van der Waals surface area contributed by atoms with E-state index in [2.05, 4.69) is 38.3 Å². The van der Waals surface area contributed by atoms with E-state index in [1.165, 1.54) is 0 Å². The summed E-state index contributed by atoms with van der Waals surface area (Å²) >= 11 is 0. The Bertz CT molecular complexity index is 1010. The van der Waals surface area contributed by atoms with Crippen LogP contribution in [-0.4, -0.2) is 23.1 Å². The van der Waals surface area contributed by atoms with E-state index in [1.807, 2.05) is 60.7 Å². The van der Waals surface area contributed by atoms with Crippen molar-refractivity contribution in [2.75, 3.05) is 5.32 Å². The maximum absolute atomic E-state index is 13.2. The SMILES string of the molecule is CC(C)c1cccc(C(C)C)c1NC(=O)C1C(=O)NC(C)(CC=Cc2ccccc2)C1=O. The molecular formula is C27H32N2O3. The van der Waals surface area contributed by atoms with Gasteiger partial charge in [0.2, 0.25) is 11.8 Å². The lowest BCUT2D eigenvalue weighted by molar-refractivity contribution is -0.135. The second kappa shape index (κ2) is 9.51. The highest BCUT2D eigenvalue weighted by atomic mass is 16.2. The van der Waals surface area contributed by atoms with Crippen molar-refractivity contribution in [1.82, 2.24) is 5.32 Å². The largest absolute Gasteiger partial charge is 0.342 e. The van der Waals surface area contributed by atoms with Crippen LogP contribution in [0.15, 0.2) is 54.6 Å². The second-order valence-electron chi connectivity index (χ2n) is 9.25. The van der Waals surface area contributed by atoms with E-state index in [-0.39, 0.29) is 11.8 Å². The van der Waals surface area contributed by atoms with Crippen LogP contribution in [0.4, 0.5) is 5.69 Å². The van der Waals surface area contributed by atoms with Crippen molar-refractivity contribution in [3.8, 4) is 0 Å². The lowest BCUT2D eigenvalue weighted by Gasteiger charge is -2.22. The summed E-state index contributed by atoms with van der Waals surface area (Å²) < 4.78 is 0. The van der Waals surface area contributed by atoms with Crippen LogP contribution < -0.4 is 10.6 Å². The molecular weight excluding hydrogens is 400 g/mol. The maximum Gasteiger partial charge on any atom is 0.244 e. The van der Waals surface area contributed by atoms with Gasteiger partial charge in [0.15, 0.2) is 11.7 Å². The van der Waals surface area contributed by atoms with Gasteiger partial charge in [0.25, 0.3) is 0 Å². The van der Waals surface area contributed by atoms with E-state index < -0.39 is 29.1 Å². The van der Waals surface area contributed by atoms with Crippen molar-refractivity contribution in [1.29, 1.82) is 0 Å². The van der Waals surface area contributed by atoms with Gasteiger partial charge in [0.05, 0.1) is 0 Å². The van der Waals surface area contributed by atoms with Gasteiger partial charge in [0, 0.05) is 5.69 Å². The van der Waals surface area contributed by atoms with Crippen molar-refractivity contribution in [2.24, 2.45) is 5.92 Å². The van der Waals surface area contributed by atoms with Gasteiger partial charge in [-0.2, -0.15) is 0 Å². The predicted molar refractivity (Wildman–Crippen MR) is 128 cm³/mol. The Morgan fingerprint density at radius 1 is 1.00 bits per heavy atom. The van der Waals surface area contributed by atoms with Crippen LogP contribution in [0.3, 0.4) is 0 Å². The van der Waals surface area contributed by atoms with Crippen LogP contribution in [-0.2, 0) is 14.4 Å². The van der Waals surface area contributed by atoms with Crippen LogP contribution in [0.2, 0.25) is 0 Å². The van der Waals surface area contributed by atoms with Gasteiger partial charge in [-0.3, -0.25) is 14.4 Å². The topological polar surface area (TPSA) is 75.3 Å². The number of carbonyl (C=O) groups excluding carboxylic acids is 3. The molecule has 3 rings (SSSR count). The molecule has 0 spiro atoms. The monoisotopic (exact) mass is 432 g/mol. The number of rotatable bonds is 7. The molecule has 0 saturated carbocycles. The Morgan fingerprint density at radius 2 is 1.59 bits per heavy atom. The number of carbonyl (C=O) groups is 3. The van der Waals surface area contributed by atoms with Gasteiger partial charge >= 0.3 is 0 Å². The highest BCUT2D eigenvalue weighted by molar-refractivity contribution is 6.27. The molecule has 1 saturated heterocycles. The number of anilines is 1. The number of ketones is 1. The summed E-state index contributed by atoms with van der Waals surface area (Å²) in [6.45, 7) is 9.89. The lowest BCUT2D eigenvalue weighted by atomic mass is 9.88. The van der Waals surface area contributed by atoms with Crippen LogP contribution >= 0.6 is 0 Å². The van der Waals surface area contributed by atoms with E-state index in [0.717, 1.165) is 16.7 Å². The lowest BCUT2D eigenvalue weighted by Crippen LogP contribution is -2.43. The molecule has 2 aromatic rings. The molecule has 1 heterocycles. The average molecular weight is 433 g/mol. The zero-order valence-corrected chi connectivity index (χ0v) is 19.4. The van der Waals surface area contributed by atoms with Gasteiger partial charge < -0.3 is 10.6 Å². The molecule has 5 heteroatoms. The molecule has 5 nitrogen and oxygen atoms in total. The third-order valence-electron chi connectivity index (χ3n) is 5.99. The van der Waals surface area contributed by atoms with Crippen LogP contribution in [0, 0.1) is 5.92 Å². The number of hydrogen-bond donors (Lipinski definition) is 2. The molecule has 2 atom stereocenters. The first-order valence-corrected chi connectivity index (χ1v) is 11.2. The first-order valence-electron chi connectivity index (χ1n) is 11.2. The summed E-state index contributed by atoms with van der Waals surface area (Å²) in [6, 6.07) is 15.7. The molecule has 2 aromatic carbocycles. The van der Waals surface area contributed by atoms with Gasteiger partial charge in [-0.05, 0) is 41.9 Å². The second-order valence-corrected chi connectivity index (χ2v) is 9.25. The minimum Gasteiger partial charge on any atom is -0.342 e. The Balaban J connectivity index is 1.80. The summed E-state index contributed by atoms with van der Waals surface area (Å²) in [5.41, 5.74) is 2.59. The number of amides is 2. The average Bonchev–Trinajstić information content (AvgIpc) is 2.96. The Kier molecular flexibility index (Phi) is 6.97. The fraction of sp³-hybridized carbons (Fsp3) is 0.370. The normalized spacial score (nSPS) is 20.9. The third-order valence-corrected chi connectivity index (χ3v) is 5.99. The molecule has 168 valence electrons. The van der Waals surface area contributed by atoms with Crippen molar-refractivity contribution < 1.29 is 14.4 Å². The summed E-state index contributed by atoms with van der Waals surface area (Å²) in [7, 11) is 0. The highest BCUT2D eigenvalue weighted by Crippen LogP contribution is 2.34. The van der Waals surface area contributed by atoms with Crippen LogP contribution in [0.5, 0.6) is 0 Å². The maximum atomic E-state index is 13.2. The fourth-order valence-corrected chi connectivity index (χ4v) is 4.12. The molecule has 0 radical (unpaired) electrons. The minimum atomic E-state index is -1.36. The third kappa shape index (κ3) is 4.82. The van der Waals surface area contributed by atoms with Crippen molar-refractivity contribution in [3.63, 3.8) is 0 Å². The first-order chi connectivity index (χ1) is 15.1. The first kappa shape index (κ1) is 23.5. The van der Waals surface area contributed by atoms with Gasteiger partial charge in [-0.25, -0.2) is 0 Å². The van der Waals surface area contributed by atoms with Gasteiger partial charge in [0.1, 0.15) is 5.54 Å². The summed E-state index contributed by atoms with van der Waals surface area (Å²) in [4.78, 5) is 39.0. The van der Waals surface area contributed by atoms with E-state index in [9.17, 15) is 14.4 Å². The predicted octanol–water partition coefficient (Wildman–Crippen LogP) is 5.05. The van der Waals surface area contributed by atoms with E-state index in [1.54, 1.807) is 6.92 Å². The molecule has 2 unspecified atom stereocenters. The molecule has 1 fully saturated rings. The molecule has 0 aliphatic carbocycles. The molecule has 1 aliphatic heterocycles. The Morgan fingerprint density at radius 3 is 2.16 bits per heavy atom. The Hall–Kier alpha value is -3.21. The Labute approximate surface area is 190 Å². The summed E-state index contributed by atoms with van der Waals surface area (Å²) in [5, 5.41) is 5.68. The van der Waals surface area contributed by atoms with Gasteiger partial charge in [-0.1, -0.05) is 88.4 Å². The molecule has 0 aromatic heterocycles. The number of hydrogen-bond acceptors (Lipinski definition) is 3. The molecule has 2 amide bonds. The molecule has 1 aliphatic rings. The minimum absolute atomic E-state index is 0.186. The quantitative estimate of drug-likeness (QED) is 0.601. The zero-order valence-electron chi connectivity index (χ0n) is 19.4. The smallest absolute Gasteiger partial charge is 0.244 e. The number of para-hydroxylation sites is 1. The van der Waals surface area contributed by atoms with Crippen molar-refractivity contribution >= 4 is 29.4 Å². The molecule has 0 bridgehead atoms. The summed E-state index contributed by atoms with van der Waals surface area (Å²) in [6.07, 6.45) is 4.08. The number of benzene rings is 2. The van der Waals surface area contributed by atoms with Gasteiger partial charge in [-0.15, -0.1) is 0 Å². The van der Waals surface area contributed by atoms with Crippen LogP contribution in [0.25, 0.3) is 6.08 Å². The number of nitrogens with one attached hydrogen (secondary N) is 2. The zero-order chi connectivity index (χ0) is 23.5. The summed E-state index contributed by atoms with van der Waals surface area (Å²) in [5.74, 6) is -2.50. The fourth-order valence-electron chi connectivity index (χ4n) is 4.12. The molecule has 32 heavy (non-hydrogen) atoms. The van der Waals surface area contributed by atoms with E-state index in [4.69, 9.17) is 0 Å². The standard InChI is InChI=1S/C27H32N2O3/c1-17(2)20-14-9-15-21(18(3)4)23(20)28-25(31)22-24(30)27(5,29-26(22)32)16-10-13-19-11-7-6-8-12-19/h6-15,17-18,22H,16H2,1-5H3,(H,28,31)(H,29,32). The highest BCUT2D eigenvalue weighted by Gasteiger charge is 2.52. The van der Waals surface area contributed by atoms with Crippen molar-refractivity contribution in [3.05, 3.63) is 71.3 Å². The van der Waals surface area contributed by atoms with E-state index >= 15 is 0 Å². The van der Waals surface area contributed by atoms with E-state index in [0.29, 0.717) is 12.1 Å².